The van der Waals surface area contributed by atoms with Crippen molar-refractivity contribution in [2.75, 3.05) is 18.5 Å². The van der Waals surface area contributed by atoms with Crippen molar-refractivity contribution in [3.05, 3.63) is 63.9 Å². The fourth-order valence-corrected chi connectivity index (χ4v) is 3.17. The van der Waals surface area contributed by atoms with Crippen LogP contribution in [0.25, 0.3) is 11.0 Å². The summed E-state index contributed by atoms with van der Waals surface area (Å²) in [7, 11) is 0. The molecule has 162 valence electrons. The number of benzene rings is 2. The summed E-state index contributed by atoms with van der Waals surface area (Å²) in [5.41, 5.74) is 4.88. The molecule has 0 aliphatic heterocycles. The predicted molar refractivity (Wildman–Crippen MR) is 118 cm³/mol. The number of nitrogens with one attached hydrogen (secondary N) is 2. The Labute approximate surface area is 184 Å². The smallest absolute Gasteiger partial charge is 0.310 e. The number of furan rings is 1. The molecule has 0 aliphatic carbocycles. The minimum absolute atomic E-state index is 0.0166. The van der Waals surface area contributed by atoms with Crippen LogP contribution in [-0.4, -0.2) is 30.9 Å². The highest BCUT2D eigenvalue weighted by Gasteiger charge is 2.15. The molecule has 2 amide bonds. The highest BCUT2D eigenvalue weighted by atomic mass is 35.5. The van der Waals surface area contributed by atoms with Crippen molar-refractivity contribution in [1.29, 1.82) is 0 Å². The average Bonchev–Trinajstić information content (AvgIpc) is 3.10. The lowest BCUT2D eigenvalue weighted by molar-refractivity contribution is -0.147. The van der Waals surface area contributed by atoms with Crippen molar-refractivity contribution in [2.45, 2.75) is 27.2 Å². The zero-order chi connectivity index (χ0) is 22.5. The van der Waals surface area contributed by atoms with Gasteiger partial charge in [0.1, 0.15) is 5.58 Å². The lowest BCUT2D eigenvalue weighted by Crippen LogP contribution is -2.35. The van der Waals surface area contributed by atoms with Gasteiger partial charge in [0, 0.05) is 21.7 Å². The second kappa shape index (κ2) is 9.66. The summed E-state index contributed by atoms with van der Waals surface area (Å²) in [6.45, 7) is 5.02. The normalized spacial score (nSPS) is 10.7. The molecule has 2 N–H and O–H groups in total. The van der Waals surface area contributed by atoms with E-state index in [9.17, 15) is 14.4 Å². The van der Waals surface area contributed by atoms with Crippen LogP contribution in [0, 0.1) is 20.8 Å². The van der Waals surface area contributed by atoms with Crippen LogP contribution >= 0.6 is 11.6 Å². The van der Waals surface area contributed by atoms with Gasteiger partial charge in [0.2, 0.25) is 5.91 Å². The maximum atomic E-state index is 12.1. The highest BCUT2D eigenvalue weighted by Crippen LogP contribution is 2.25. The Morgan fingerprint density at radius 2 is 1.81 bits per heavy atom. The lowest BCUT2D eigenvalue weighted by atomic mass is 10.0. The third kappa shape index (κ3) is 5.64. The van der Waals surface area contributed by atoms with Gasteiger partial charge in [-0.3, -0.25) is 14.4 Å². The molecule has 3 rings (SSSR count). The molecule has 0 saturated heterocycles. The second-order valence-electron chi connectivity index (χ2n) is 7.27. The van der Waals surface area contributed by atoms with E-state index in [1.54, 1.807) is 25.1 Å². The first kappa shape index (κ1) is 22.4. The zero-order valence-electron chi connectivity index (χ0n) is 17.5. The van der Waals surface area contributed by atoms with Crippen molar-refractivity contribution in [2.24, 2.45) is 0 Å². The number of carbonyl (C=O) groups is 3. The van der Waals surface area contributed by atoms with Crippen LogP contribution < -0.4 is 10.6 Å². The third-order valence-electron chi connectivity index (χ3n) is 4.96. The third-order valence-corrected chi connectivity index (χ3v) is 5.37. The molecule has 0 unspecified atom stereocenters. The van der Waals surface area contributed by atoms with E-state index in [0.29, 0.717) is 21.9 Å². The van der Waals surface area contributed by atoms with E-state index in [0.717, 1.165) is 22.1 Å². The van der Waals surface area contributed by atoms with E-state index in [1.165, 1.54) is 6.26 Å². The number of amides is 2. The number of esters is 1. The Balaban J connectivity index is 1.45. The summed E-state index contributed by atoms with van der Waals surface area (Å²) < 4.78 is 10.5. The van der Waals surface area contributed by atoms with Gasteiger partial charge in [-0.05, 0) is 61.7 Å². The van der Waals surface area contributed by atoms with Gasteiger partial charge in [-0.25, -0.2) is 0 Å². The molecule has 0 radical (unpaired) electrons. The molecule has 7 nitrogen and oxygen atoms in total. The summed E-state index contributed by atoms with van der Waals surface area (Å²) >= 11 is 6.02. The highest BCUT2D eigenvalue weighted by molar-refractivity contribution is 6.31. The topological polar surface area (TPSA) is 97.6 Å². The molecule has 0 spiro atoms. The monoisotopic (exact) mass is 442 g/mol. The molecule has 0 fully saturated rings. The van der Waals surface area contributed by atoms with Crippen molar-refractivity contribution < 1.29 is 23.5 Å². The molecule has 1 aromatic heterocycles. The predicted octanol–water partition coefficient (Wildman–Crippen LogP) is 3.85. The molecule has 2 aromatic carbocycles. The van der Waals surface area contributed by atoms with Gasteiger partial charge in [-0.1, -0.05) is 17.7 Å². The number of hydrogen-bond acceptors (Lipinski definition) is 5. The quantitative estimate of drug-likeness (QED) is 0.541. The largest absolute Gasteiger partial charge is 0.464 e. The summed E-state index contributed by atoms with van der Waals surface area (Å²) in [6.07, 6.45) is 1.50. The first-order valence-corrected chi connectivity index (χ1v) is 10.1. The van der Waals surface area contributed by atoms with Crippen LogP contribution in [-0.2, 0) is 25.5 Å². The average molecular weight is 443 g/mol. The van der Waals surface area contributed by atoms with Crippen LogP contribution in [0.15, 0.2) is 41.0 Å². The van der Waals surface area contributed by atoms with E-state index in [-0.39, 0.29) is 13.0 Å². The minimum Gasteiger partial charge on any atom is -0.464 e. The van der Waals surface area contributed by atoms with Gasteiger partial charge in [0.05, 0.1) is 19.2 Å². The number of ether oxygens (including phenoxy) is 1. The molecular weight excluding hydrogens is 420 g/mol. The number of halogens is 1. The van der Waals surface area contributed by atoms with Gasteiger partial charge in [-0.2, -0.15) is 0 Å². The van der Waals surface area contributed by atoms with E-state index in [4.69, 9.17) is 20.8 Å². The van der Waals surface area contributed by atoms with Crippen molar-refractivity contribution in [3.8, 4) is 0 Å². The van der Waals surface area contributed by atoms with E-state index in [2.05, 4.69) is 10.6 Å². The number of aryl methyl sites for hydroxylation is 2. The number of rotatable bonds is 7. The maximum absolute atomic E-state index is 12.1. The van der Waals surface area contributed by atoms with Crippen LogP contribution in [0.1, 0.15) is 22.3 Å². The van der Waals surface area contributed by atoms with Crippen molar-refractivity contribution in [1.82, 2.24) is 5.32 Å². The van der Waals surface area contributed by atoms with E-state index < -0.39 is 24.4 Å². The van der Waals surface area contributed by atoms with Crippen LogP contribution in [0.3, 0.4) is 0 Å². The van der Waals surface area contributed by atoms with Gasteiger partial charge < -0.3 is 19.8 Å². The molecule has 1 heterocycles. The SMILES string of the molecule is Cc1cc2occ(CC(=O)OCC(=O)NCC(=O)Nc3cccc(Cl)c3C)c2cc1C. The number of fused-ring (bicyclic) bond motifs is 1. The summed E-state index contributed by atoms with van der Waals surface area (Å²) in [4.78, 5) is 36.1. The number of carbonyl (C=O) groups excluding carboxylic acids is 3. The van der Waals surface area contributed by atoms with Crippen LogP contribution in [0.5, 0.6) is 0 Å². The Hall–Kier alpha value is -3.32. The lowest BCUT2D eigenvalue weighted by Gasteiger charge is -2.10. The standard InChI is InChI=1S/C23H23ClN2O5/c1-13-7-17-16(11-30-20(17)8-14(13)2)9-23(29)31-12-22(28)25-10-21(27)26-19-6-4-5-18(24)15(19)3/h4-8,11H,9-10,12H2,1-3H3,(H,25,28)(H,26,27). The molecular formula is C23H23ClN2O5. The summed E-state index contributed by atoms with van der Waals surface area (Å²) in [6, 6.07) is 9.03. The van der Waals surface area contributed by atoms with Crippen LogP contribution in [0.2, 0.25) is 5.02 Å². The summed E-state index contributed by atoms with van der Waals surface area (Å²) in [5.74, 6) is -1.55. The van der Waals surface area contributed by atoms with Gasteiger partial charge in [0.15, 0.2) is 6.61 Å². The minimum atomic E-state index is -0.574. The van der Waals surface area contributed by atoms with Gasteiger partial charge in [-0.15, -0.1) is 0 Å². The summed E-state index contributed by atoms with van der Waals surface area (Å²) in [5, 5.41) is 6.46. The van der Waals surface area contributed by atoms with Gasteiger partial charge >= 0.3 is 5.97 Å². The van der Waals surface area contributed by atoms with E-state index >= 15 is 0 Å². The first-order chi connectivity index (χ1) is 14.7. The molecule has 8 heteroatoms. The fourth-order valence-electron chi connectivity index (χ4n) is 2.99. The molecule has 0 aliphatic rings. The van der Waals surface area contributed by atoms with E-state index in [1.807, 2.05) is 26.0 Å². The fraction of sp³-hybridized carbons (Fsp3) is 0.261. The van der Waals surface area contributed by atoms with Crippen molar-refractivity contribution in [3.63, 3.8) is 0 Å². The number of hydrogen-bond donors (Lipinski definition) is 2. The molecule has 31 heavy (non-hydrogen) atoms. The van der Waals surface area contributed by atoms with Crippen LogP contribution in [0.4, 0.5) is 5.69 Å². The first-order valence-electron chi connectivity index (χ1n) is 9.69. The number of anilines is 1. The Kier molecular flexibility index (Phi) is 6.97. The maximum Gasteiger partial charge on any atom is 0.310 e. The zero-order valence-corrected chi connectivity index (χ0v) is 18.3. The molecule has 0 bridgehead atoms. The molecule has 0 saturated carbocycles. The Morgan fingerprint density at radius 3 is 2.58 bits per heavy atom. The Bertz CT molecular complexity index is 1150. The molecule has 3 aromatic rings. The van der Waals surface area contributed by atoms with Gasteiger partial charge in [0.25, 0.3) is 5.91 Å². The molecule has 0 atom stereocenters. The Morgan fingerprint density at radius 1 is 1.06 bits per heavy atom. The van der Waals surface area contributed by atoms with Crippen molar-refractivity contribution >= 4 is 46.0 Å². The second-order valence-corrected chi connectivity index (χ2v) is 7.68.